The SMILES string of the molecule is COc1ccc(-c2csc(N3N=C(c4ccc5c(c4)CCC5)CC3c3ccccc3)n2)c(O)c1. The van der Waals surface area contributed by atoms with Crippen molar-refractivity contribution in [1.29, 1.82) is 0 Å². The first kappa shape index (κ1) is 20.9. The molecule has 1 atom stereocenters. The highest BCUT2D eigenvalue weighted by atomic mass is 32.1. The molecule has 0 fully saturated rings. The van der Waals surface area contributed by atoms with Crippen LogP contribution in [-0.2, 0) is 12.8 Å². The summed E-state index contributed by atoms with van der Waals surface area (Å²) in [6, 6.07) is 22.7. The smallest absolute Gasteiger partial charge is 0.207 e. The molecule has 0 amide bonds. The Balaban J connectivity index is 1.37. The highest BCUT2D eigenvalue weighted by Crippen LogP contribution is 2.41. The van der Waals surface area contributed by atoms with Gasteiger partial charge >= 0.3 is 0 Å². The lowest BCUT2D eigenvalue weighted by molar-refractivity contribution is 0.408. The molecule has 0 spiro atoms. The maximum atomic E-state index is 10.5. The summed E-state index contributed by atoms with van der Waals surface area (Å²) in [5, 5.41) is 20.4. The van der Waals surface area contributed by atoms with E-state index < -0.39 is 0 Å². The first-order valence-electron chi connectivity index (χ1n) is 11.6. The third-order valence-corrected chi connectivity index (χ3v) is 7.53. The van der Waals surface area contributed by atoms with E-state index in [1.165, 1.54) is 35.1 Å². The molecule has 1 unspecified atom stereocenters. The lowest BCUT2D eigenvalue weighted by Gasteiger charge is -2.21. The molecule has 170 valence electrons. The number of aryl methyl sites for hydroxylation is 2. The van der Waals surface area contributed by atoms with E-state index in [1.807, 2.05) is 28.6 Å². The summed E-state index contributed by atoms with van der Waals surface area (Å²) in [5.74, 6) is 0.767. The fraction of sp³-hybridized carbons (Fsp3) is 0.214. The molecular formula is C28H25N3O2S. The number of benzene rings is 3. The first-order valence-corrected chi connectivity index (χ1v) is 12.4. The summed E-state index contributed by atoms with van der Waals surface area (Å²) in [7, 11) is 1.59. The van der Waals surface area contributed by atoms with Crippen LogP contribution in [-0.4, -0.2) is 22.9 Å². The minimum absolute atomic E-state index is 0.0768. The number of phenols is 1. The summed E-state index contributed by atoms with van der Waals surface area (Å²) in [5.41, 5.74) is 7.85. The number of hydrogen-bond donors (Lipinski definition) is 1. The summed E-state index contributed by atoms with van der Waals surface area (Å²) >= 11 is 1.54. The molecule has 0 radical (unpaired) electrons. The van der Waals surface area contributed by atoms with Crippen molar-refractivity contribution >= 4 is 22.2 Å². The Kier molecular flexibility index (Phi) is 5.30. The Hall–Kier alpha value is -3.64. The average molecular weight is 468 g/mol. The van der Waals surface area contributed by atoms with Crippen LogP contribution >= 0.6 is 11.3 Å². The van der Waals surface area contributed by atoms with Crippen LogP contribution in [0.15, 0.2) is 77.2 Å². The predicted molar refractivity (Wildman–Crippen MR) is 137 cm³/mol. The molecule has 1 aliphatic carbocycles. The van der Waals surface area contributed by atoms with Gasteiger partial charge in [0, 0.05) is 23.4 Å². The third-order valence-electron chi connectivity index (χ3n) is 6.70. The Morgan fingerprint density at radius 2 is 1.85 bits per heavy atom. The van der Waals surface area contributed by atoms with Gasteiger partial charge in [0.2, 0.25) is 5.13 Å². The van der Waals surface area contributed by atoms with Crippen LogP contribution in [0.4, 0.5) is 5.13 Å². The number of aromatic hydroxyl groups is 1. The summed E-state index contributed by atoms with van der Waals surface area (Å²) in [4.78, 5) is 4.88. The Morgan fingerprint density at radius 1 is 1.00 bits per heavy atom. The van der Waals surface area contributed by atoms with Gasteiger partial charge in [-0.25, -0.2) is 9.99 Å². The van der Waals surface area contributed by atoms with E-state index in [-0.39, 0.29) is 11.8 Å². The van der Waals surface area contributed by atoms with E-state index >= 15 is 0 Å². The predicted octanol–water partition coefficient (Wildman–Crippen LogP) is 6.37. The van der Waals surface area contributed by atoms with Crippen LogP contribution in [0.3, 0.4) is 0 Å². The second-order valence-corrected chi connectivity index (χ2v) is 9.59. The minimum atomic E-state index is 0.0768. The lowest BCUT2D eigenvalue weighted by Crippen LogP contribution is -2.18. The van der Waals surface area contributed by atoms with Gasteiger partial charge < -0.3 is 9.84 Å². The van der Waals surface area contributed by atoms with Crippen LogP contribution in [0.5, 0.6) is 11.5 Å². The zero-order valence-electron chi connectivity index (χ0n) is 18.9. The lowest BCUT2D eigenvalue weighted by atomic mass is 9.97. The molecule has 5 nitrogen and oxygen atoms in total. The number of methoxy groups -OCH3 is 1. The fourth-order valence-corrected chi connectivity index (χ4v) is 5.72. The van der Waals surface area contributed by atoms with E-state index in [4.69, 9.17) is 14.8 Å². The van der Waals surface area contributed by atoms with Gasteiger partial charge in [0.1, 0.15) is 11.5 Å². The number of phenolic OH excluding ortho intramolecular Hbond substituents is 1. The molecule has 6 heteroatoms. The number of nitrogens with zero attached hydrogens (tertiary/aromatic N) is 3. The molecule has 0 saturated heterocycles. The Morgan fingerprint density at radius 3 is 2.68 bits per heavy atom. The monoisotopic (exact) mass is 467 g/mol. The van der Waals surface area contributed by atoms with Crippen molar-refractivity contribution in [1.82, 2.24) is 4.98 Å². The highest BCUT2D eigenvalue weighted by molar-refractivity contribution is 7.14. The number of ether oxygens (including phenoxy) is 1. The van der Waals surface area contributed by atoms with Gasteiger partial charge in [-0.15, -0.1) is 11.3 Å². The fourth-order valence-electron chi connectivity index (χ4n) is 4.90. The molecule has 1 aromatic heterocycles. The zero-order valence-corrected chi connectivity index (χ0v) is 19.8. The van der Waals surface area contributed by atoms with Gasteiger partial charge in [-0.3, -0.25) is 0 Å². The van der Waals surface area contributed by atoms with E-state index in [2.05, 4.69) is 42.5 Å². The van der Waals surface area contributed by atoms with Gasteiger partial charge in [0.25, 0.3) is 0 Å². The number of anilines is 1. The molecule has 1 aliphatic heterocycles. The minimum Gasteiger partial charge on any atom is -0.507 e. The van der Waals surface area contributed by atoms with Crippen molar-refractivity contribution < 1.29 is 9.84 Å². The molecule has 4 aromatic rings. The molecule has 0 bridgehead atoms. The quantitative estimate of drug-likeness (QED) is 0.371. The van der Waals surface area contributed by atoms with Crippen molar-refractivity contribution in [3.05, 3.63) is 94.4 Å². The van der Waals surface area contributed by atoms with Gasteiger partial charge in [0.05, 0.1) is 24.6 Å². The molecule has 1 N–H and O–H groups in total. The van der Waals surface area contributed by atoms with E-state index in [1.54, 1.807) is 24.5 Å². The van der Waals surface area contributed by atoms with Crippen LogP contribution in [0.2, 0.25) is 0 Å². The standard InChI is InChI=1S/C28H25N3O2S/c1-33-22-12-13-23(27(32)15-22)25-17-34-28(29-25)31-26(19-6-3-2-4-7-19)16-24(30-31)21-11-10-18-8-5-9-20(18)14-21/h2-4,6-7,10-15,17,26,32H,5,8-9,16H2,1H3. The van der Waals surface area contributed by atoms with Crippen molar-refractivity contribution in [2.24, 2.45) is 5.10 Å². The largest absolute Gasteiger partial charge is 0.507 e. The normalized spacial score (nSPS) is 17.0. The van der Waals surface area contributed by atoms with E-state index in [0.717, 1.165) is 29.4 Å². The van der Waals surface area contributed by atoms with Crippen molar-refractivity contribution in [2.45, 2.75) is 31.7 Å². The van der Waals surface area contributed by atoms with Gasteiger partial charge in [-0.05, 0) is 59.7 Å². The molecule has 2 aliphatic rings. The van der Waals surface area contributed by atoms with Crippen LogP contribution < -0.4 is 9.75 Å². The summed E-state index contributed by atoms with van der Waals surface area (Å²) in [6.45, 7) is 0. The summed E-state index contributed by atoms with van der Waals surface area (Å²) in [6.07, 6.45) is 4.40. The van der Waals surface area contributed by atoms with Crippen molar-refractivity contribution in [3.63, 3.8) is 0 Å². The number of thiazole rings is 1. The number of hydrogen-bond acceptors (Lipinski definition) is 6. The van der Waals surface area contributed by atoms with Crippen LogP contribution in [0, 0.1) is 0 Å². The maximum Gasteiger partial charge on any atom is 0.207 e. The van der Waals surface area contributed by atoms with Crippen molar-refractivity contribution in [3.8, 4) is 22.8 Å². The van der Waals surface area contributed by atoms with Crippen molar-refractivity contribution in [2.75, 3.05) is 12.1 Å². The Labute approximate surface area is 203 Å². The van der Waals surface area contributed by atoms with Gasteiger partial charge in [0.15, 0.2) is 0 Å². The van der Waals surface area contributed by atoms with E-state index in [9.17, 15) is 5.11 Å². The number of aromatic nitrogens is 1. The first-order chi connectivity index (χ1) is 16.7. The molecule has 2 heterocycles. The molecule has 3 aromatic carbocycles. The maximum absolute atomic E-state index is 10.5. The second-order valence-electron chi connectivity index (χ2n) is 8.76. The third kappa shape index (κ3) is 3.74. The van der Waals surface area contributed by atoms with E-state index in [0.29, 0.717) is 11.3 Å². The highest BCUT2D eigenvalue weighted by Gasteiger charge is 2.32. The molecule has 0 saturated carbocycles. The number of rotatable bonds is 5. The molecule has 6 rings (SSSR count). The number of hydrazone groups is 1. The number of fused-ring (bicyclic) bond motifs is 1. The topological polar surface area (TPSA) is 58.0 Å². The van der Waals surface area contributed by atoms with Gasteiger partial charge in [-0.2, -0.15) is 5.10 Å². The molecule has 34 heavy (non-hydrogen) atoms. The summed E-state index contributed by atoms with van der Waals surface area (Å²) < 4.78 is 5.21. The van der Waals surface area contributed by atoms with Crippen LogP contribution in [0.1, 0.15) is 41.1 Å². The zero-order chi connectivity index (χ0) is 23.1. The molecular weight excluding hydrogens is 442 g/mol. The van der Waals surface area contributed by atoms with Crippen LogP contribution in [0.25, 0.3) is 11.3 Å². The van der Waals surface area contributed by atoms with Gasteiger partial charge in [-0.1, -0.05) is 42.5 Å². The average Bonchev–Trinajstić information content (AvgIpc) is 3.63. The second kappa shape index (κ2) is 8.61. The Bertz CT molecular complexity index is 1380.